The molecule has 0 aliphatic rings. The summed E-state index contributed by atoms with van der Waals surface area (Å²) in [5.74, 6) is 0. The Hall–Kier alpha value is -1.08. The molecule has 1 heteroatoms. The summed E-state index contributed by atoms with van der Waals surface area (Å²) in [5, 5.41) is 0. The maximum absolute atomic E-state index is 2.24. The van der Waals surface area contributed by atoms with E-state index in [-0.39, 0.29) is 0 Å². The van der Waals surface area contributed by atoms with E-state index in [1.54, 1.807) is 0 Å². The predicted octanol–water partition coefficient (Wildman–Crippen LogP) is 4.59. The third-order valence-electron chi connectivity index (χ3n) is 2.80. The lowest BCUT2D eigenvalue weighted by atomic mass is 9.99. The molecule has 0 aliphatic carbocycles. The van der Waals surface area contributed by atoms with Gasteiger partial charge < -0.3 is 0 Å². The SMILES string of the molecule is CCc1c(C)sc(C)c1-c1ccccc1. The highest BCUT2D eigenvalue weighted by molar-refractivity contribution is 7.12. The molecule has 0 fully saturated rings. The summed E-state index contributed by atoms with van der Waals surface area (Å²) < 4.78 is 0. The number of aryl methyl sites for hydroxylation is 2. The first-order valence-electron chi connectivity index (χ1n) is 5.38. The first kappa shape index (κ1) is 10.4. The van der Waals surface area contributed by atoms with Gasteiger partial charge in [-0.25, -0.2) is 0 Å². The van der Waals surface area contributed by atoms with Crippen molar-refractivity contribution in [1.82, 2.24) is 0 Å². The van der Waals surface area contributed by atoms with Crippen LogP contribution in [0.3, 0.4) is 0 Å². The van der Waals surface area contributed by atoms with E-state index in [2.05, 4.69) is 51.1 Å². The van der Waals surface area contributed by atoms with Crippen LogP contribution >= 0.6 is 11.3 Å². The van der Waals surface area contributed by atoms with Gasteiger partial charge in [0, 0.05) is 9.75 Å². The minimum absolute atomic E-state index is 1.13. The third-order valence-corrected chi connectivity index (χ3v) is 3.86. The van der Waals surface area contributed by atoms with Crippen LogP contribution in [0.15, 0.2) is 30.3 Å². The van der Waals surface area contributed by atoms with Crippen molar-refractivity contribution in [3.63, 3.8) is 0 Å². The Morgan fingerprint density at radius 1 is 1.00 bits per heavy atom. The summed E-state index contributed by atoms with van der Waals surface area (Å²) in [6.07, 6.45) is 1.13. The van der Waals surface area contributed by atoms with E-state index in [9.17, 15) is 0 Å². The van der Waals surface area contributed by atoms with Crippen molar-refractivity contribution in [3.8, 4) is 11.1 Å². The van der Waals surface area contributed by atoms with Gasteiger partial charge in [-0.05, 0) is 37.0 Å². The van der Waals surface area contributed by atoms with Crippen molar-refractivity contribution in [2.24, 2.45) is 0 Å². The predicted molar refractivity (Wildman–Crippen MR) is 68.6 cm³/mol. The van der Waals surface area contributed by atoms with Gasteiger partial charge in [-0.15, -0.1) is 11.3 Å². The van der Waals surface area contributed by atoms with Crippen LogP contribution in [0.25, 0.3) is 11.1 Å². The van der Waals surface area contributed by atoms with Crippen LogP contribution in [0.5, 0.6) is 0 Å². The summed E-state index contributed by atoms with van der Waals surface area (Å²) in [5.41, 5.74) is 4.33. The standard InChI is InChI=1S/C14H16S/c1-4-13-10(2)15-11(3)14(13)12-8-6-5-7-9-12/h5-9H,4H2,1-3H3. The fraction of sp³-hybridized carbons (Fsp3) is 0.286. The highest BCUT2D eigenvalue weighted by Crippen LogP contribution is 2.35. The molecule has 0 saturated carbocycles. The molecule has 0 nitrogen and oxygen atoms in total. The Balaban J connectivity index is 2.62. The molecule has 0 N–H and O–H groups in total. The lowest BCUT2D eigenvalue weighted by Crippen LogP contribution is -1.85. The van der Waals surface area contributed by atoms with Crippen LogP contribution in [0.1, 0.15) is 22.2 Å². The van der Waals surface area contributed by atoms with E-state index < -0.39 is 0 Å². The Bertz CT molecular complexity index is 452. The molecule has 0 aliphatic heterocycles. The number of rotatable bonds is 2. The second-order valence-electron chi connectivity index (χ2n) is 3.79. The van der Waals surface area contributed by atoms with Crippen LogP contribution in [0, 0.1) is 13.8 Å². The maximum atomic E-state index is 2.24. The lowest BCUT2D eigenvalue weighted by molar-refractivity contribution is 1.13. The van der Waals surface area contributed by atoms with Crippen LogP contribution < -0.4 is 0 Å². The second-order valence-corrected chi connectivity index (χ2v) is 5.22. The molecule has 2 rings (SSSR count). The quantitative estimate of drug-likeness (QED) is 0.688. The number of hydrogen-bond acceptors (Lipinski definition) is 1. The molecule has 0 saturated heterocycles. The fourth-order valence-corrected chi connectivity index (χ4v) is 3.31. The van der Waals surface area contributed by atoms with Gasteiger partial charge in [0.1, 0.15) is 0 Å². The van der Waals surface area contributed by atoms with Crippen molar-refractivity contribution in [2.45, 2.75) is 27.2 Å². The van der Waals surface area contributed by atoms with E-state index in [0.717, 1.165) is 6.42 Å². The van der Waals surface area contributed by atoms with E-state index in [0.29, 0.717) is 0 Å². The number of thiophene rings is 1. The minimum Gasteiger partial charge on any atom is -0.145 e. The minimum atomic E-state index is 1.13. The smallest absolute Gasteiger partial charge is 0.00982 e. The largest absolute Gasteiger partial charge is 0.145 e. The van der Waals surface area contributed by atoms with Crippen molar-refractivity contribution >= 4 is 11.3 Å². The molecule has 0 unspecified atom stereocenters. The number of hydrogen-bond donors (Lipinski definition) is 0. The summed E-state index contributed by atoms with van der Waals surface area (Å²) >= 11 is 1.92. The molecule has 0 spiro atoms. The third kappa shape index (κ3) is 1.84. The molecule has 0 radical (unpaired) electrons. The number of benzene rings is 1. The van der Waals surface area contributed by atoms with Gasteiger partial charge in [-0.3, -0.25) is 0 Å². The van der Waals surface area contributed by atoms with Gasteiger partial charge in [-0.1, -0.05) is 37.3 Å². The molecule has 1 aromatic heterocycles. The Labute approximate surface area is 95.6 Å². The Morgan fingerprint density at radius 2 is 1.67 bits per heavy atom. The molecule has 78 valence electrons. The van der Waals surface area contributed by atoms with Crippen molar-refractivity contribution in [3.05, 3.63) is 45.6 Å². The average Bonchev–Trinajstić information content (AvgIpc) is 2.54. The summed E-state index contributed by atoms with van der Waals surface area (Å²) in [6.45, 7) is 6.68. The molecule has 0 amide bonds. The maximum Gasteiger partial charge on any atom is 0.00982 e. The summed E-state index contributed by atoms with van der Waals surface area (Å²) in [7, 11) is 0. The molecule has 1 heterocycles. The highest BCUT2D eigenvalue weighted by atomic mass is 32.1. The zero-order valence-corrected chi connectivity index (χ0v) is 10.3. The van der Waals surface area contributed by atoms with Crippen LogP contribution in [-0.2, 0) is 6.42 Å². The highest BCUT2D eigenvalue weighted by Gasteiger charge is 2.12. The zero-order chi connectivity index (χ0) is 10.8. The van der Waals surface area contributed by atoms with Crippen molar-refractivity contribution in [2.75, 3.05) is 0 Å². The van der Waals surface area contributed by atoms with Gasteiger partial charge >= 0.3 is 0 Å². The topological polar surface area (TPSA) is 0 Å². The molecule has 15 heavy (non-hydrogen) atoms. The van der Waals surface area contributed by atoms with Gasteiger partial charge in [0.05, 0.1) is 0 Å². The molecule has 0 bridgehead atoms. The first-order valence-corrected chi connectivity index (χ1v) is 6.20. The zero-order valence-electron chi connectivity index (χ0n) is 9.50. The Morgan fingerprint density at radius 3 is 2.27 bits per heavy atom. The van der Waals surface area contributed by atoms with Gasteiger partial charge in [0.2, 0.25) is 0 Å². The van der Waals surface area contributed by atoms with Gasteiger partial charge in [0.15, 0.2) is 0 Å². The molecular formula is C14H16S. The summed E-state index contributed by atoms with van der Waals surface area (Å²) in [4.78, 5) is 2.91. The average molecular weight is 216 g/mol. The molecule has 1 aromatic carbocycles. The van der Waals surface area contributed by atoms with Crippen LogP contribution in [-0.4, -0.2) is 0 Å². The monoisotopic (exact) mass is 216 g/mol. The normalized spacial score (nSPS) is 10.6. The van der Waals surface area contributed by atoms with E-state index >= 15 is 0 Å². The Kier molecular flexibility index (Phi) is 2.92. The molecular weight excluding hydrogens is 200 g/mol. The van der Waals surface area contributed by atoms with Crippen LogP contribution in [0.4, 0.5) is 0 Å². The van der Waals surface area contributed by atoms with Crippen LogP contribution in [0.2, 0.25) is 0 Å². The van der Waals surface area contributed by atoms with E-state index in [1.807, 2.05) is 11.3 Å². The lowest BCUT2D eigenvalue weighted by Gasteiger charge is -2.04. The van der Waals surface area contributed by atoms with Gasteiger partial charge in [0.25, 0.3) is 0 Å². The second kappa shape index (κ2) is 4.19. The van der Waals surface area contributed by atoms with Crippen molar-refractivity contribution < 1.29 is 0 Å². The first-order chi connectivity index (χ1) is 7.24. The van der Waals surface area contributed by atoms with E-state index in [1.165, 1.54) is 26.4 Å². The van der Waals surface area contributed by atoms with E-state index in [4.69, 9.17) is 0 Å². The molecule has 0 atom stereocenters. The van der Waals surface area contributed by atoms with Crippen molar-refractivity contribution in [1.29, 1.82) is 0 Å². The summed E-state index contributed by atoms with van der Waals surface area (Å²) in [6, 6.07) is 10.7. The molecule has 2 aromatic rings. The van der Waals surface area contributed by atoms with Gasteiger partial charge in [-0.2, -0.15) is 0 Å². The fourth-order valence-electron chi connectivity index (χ4n) is 2.14.